The molecule has 1 saturated heterocycles. The third-order valence-electron chi connectivity index (χ3n) is 5.40. The van der Waals surface area contributed by atoms with E-state index in [1.807, 2.05) is 6.20 Å². The molecule has 132 valence electrons. The first-order valence-electron chi connectivity index (χ1n) is 9.03. The quantitative estimate of drug-likeness (QED) is 0.836. The molecule has 2 atom stereocenters. The summed E-state index contributed by atoms with van der Waals surface area (Å²) in [6.45, 7) is 5.33. The van der Waals surface area contributed by atoms with E-state index in [4.69, 9.17) is 5.73 Å². The Morgan fingerprint density at radius 3 is 2.75 bits per heavy atom. The summed E-state index contributed by atoms with van der Waals surface area (Å²) in [6, 6.07) is 4.13. The molecule has 1 saturated carbocycles. The van der Waals surface area contributed by atoms with E-state index in [-0.39, 0.29) is 11.8 Å². The number of amides is 1. The van der Waals surface area contributed by atoms with Crippen LogP contribution in [0.2, 0.25) is 0 Å². The van der Waals surface area contributed by atoms with Crippen molar-refractivity contribution in [2.24, 2.45) is 17.6 Å². The van der Waals surface area contributed by atoms with Crippen molar-refractivity contribution in [3.05, 3.63) is 23.9 Å². The summed E-state index contributed by atoms with van der Waals surface area (Å²) in [5.74, 6) is 1.61. The van der Waals surface area contributed by atoms with Gasteiger partial charge < -0.3 is 20.9 Å². The summed E-state index contributed by atoms with van der Waals surface area (Å²) in [5, 5.41) is 3.06. The predicted molar refractivity (Wildman–Crippen MR) is 95.7 cm³/mol. The molecule has 24 heavy (non-hydrogen) atoms. The van der Waals surface area contributed by atoms with Crippen LogP contribution < -0.4 is 16.0 Å². The SMILES string of the molecule is CN1CCN(c2ccc(CNC(=O)[C@@H]3CCC[C@@H]3CN)cn2)CC1. The number of hydrogen-bond donors (Lipinski definition) is 2. The van der Waals surface area contributed by atoms with Gasteiger partial charge in [-0.25, -0.2) is 4.98 Å². The van der Waals surface area contributed by atoms with Crippen molar-refractivity contribution in [1.29, 1.82) is 0 Å². The van der Waals surface area contributed by atoms with E-state index in [9.17, 15) is 4.79 Å². The lowest BCUT2D eigenvalue weighted by molar-refractivity contribution is -0.126. The summed E-state index contributed by atoms with van der Waals surface area (Å²) >= 11 is 0. The molecule has 0 aromatic carbocycles. The number of aromatic nitrogens is 1. The normalized spacial score (nSPS) is 25.0. The van der Waals surface area contributed by atoms with Crippen molar-refractivity contribution in [3.8, 4) is 0 Å². The minimum atomic E-state index is 0.0903. The molecule has 2 heterocycles. The van der Waals surface area contributed by atoms with Crippen molar-refractivity contribution in [2.45, 2.75) is 25.8 Å². The zero-order valence-electron chi connectivity index (χ0n) is 14.6. The number of carbonyl (C=O) groups excluding carboxylic acids is 1. The van der Waals surface area contributed by atoms with Crippen molar-refractivity contribution < 1.29 is 4.79 Å². The number of rotatable bonds is 5. The Bertz CT molecular complexity index is 539. The van der Waals surface area contributed by atoms with E-state index in [1.165, 1.54) is 0 Å². The van der Waals surface area contributed by atoms with E-state index in [1.54, 1.807) is 0 Å². The Balaban J connectivity index is 1.50. The average Bonchev–Trinajstić information content (AvgIpc) is 3.10. The summed E-state index contributed by atoms with van der Waals surface area (Å²) in [6.07, 6.45) is 5.04. The first kappa shape index (κ1) is 17.2. The lowest BCUT2D eigenvalue weighted by atomic mass is 9.95. The fraction of sp³-hybridized carbons (Fsp3) is 0.667. The number of likely N-dealkylation sites (N-methyl/N-ethyl adjacent to an activating group) is 1. The molecule has 6 nitrogen and oxygen atoms in total. The van der Waals surface area contributed by atoms with Gasteiger partial charge in [-0.3, -0.25) is 4.79 Å². The highest BCUT2D eigenvalue weighted by atomic mass is 16.1. The molecule has 1 aromatic heterocycles. The number of carbonyl (C=O) groups is 1. The first-order valence-corrected chi connectivity index (χ1v) is 9.03. The van der Waals surface area contributed by atoms with Crippen molar-refractivity contribution in [3.63, 3.8) is 0 Å². The Morgan fingerprint density at radius 2 is 2.08 bits per heavy atom. The Hall–Kier alpha value is -1.66. The number of anilines is 1. The second-order valence-electron chi connectivity index (χ2n) is 7.07. The minimum absolute atomic E-state index is 0.0903. The van der Waals surface area contributed by atoms with E-state index >= 15 is 0 Å². The fourth-order valence-corrected chi connectivity index (χ4v) is 3.73. The number of nitrogens with zero attached hydrogens (tertiary/aromatic N) is 3. The maximum atomic E-state index is 12.3. The van der Waals surface area contributed by atoms with Crippen LogP contribution in [-0.4, -0.2) is 55.6 Å². The summed E-state index contributed by atoms with van der Waals surface area (Å²) in [5.41, 5.74) is 6.81. The standard InChI is InChI=1S/C18H29N5O/c1-22-7-9-23(10-8-22)17-6-5-14(12-20-17)13-21-18(24)16-4-2-3-15(16)11-19/h5-6,12,15-16H,2-4,7-11,13,19H2,1H3,(H,21,24)/t15-,16-/m1/s1. The molecule has 1 aliphatic carbocycles. The highest BCUT2D eigenvalue weighted by Gasteiger charge is 2.31. The smallest absolute Gasteiger partial charge is 0.223 e. The molecule has 1 aromatic rings. The van der Waals surface area contributed by atoms with Gasteiger partial charge in [-0.2, -0.15) is 0 Å². The van der Waals surface area contributed by atoms with Gasteiger partial charge in [0.2, 0.25) is 5.91 Å². The maximum Gasteiger partial charge on any atom is 0.223 e. The van der Waals surface area contributed by atoms with Gasteiger partial charge in [-0.05, 0) is 44.0 Å². The summed E-state index contributed by atoms with van der Waals surface area (Å²) < 4.78 is 0. The molecule has 0 radical (unpaired) electrons. The van der Waals surface area contributed by atoms with E-state index < -0.39 is 0 Å². The molecule has 0 spiro atoms. The second kappa shape index (κ2) is 7.94. The van der Waals surface area contributed by atoms with Crippen LogP contribution in [-0.2, 0) is 11.3 Å². The van der Waals surface area contributed by atoms with Crippen LogP contribution in [0.3, 0.4) is 0 Å². The number of pyridine rings is 1. The van der Waals surface area contributed by atoms with Crippen LogP contribution in [0.1, 0.15) is 24.8 Å². The summed E-state index contributed by atoms with van der Waals surface area (Å²) in [7, 11) is 2.15. The molecule has 1 aliphatic heterocycles. The largest absolute Gasteiger partial charge is 0.354 e. The zero-order valence-corrected chi connectivity index (χ0v) is 14.6. The fourth-order valence-electron chi connectivity index (χ4n) is 3.73. The maximum absolute atomic E-state index is 12.3. The Labute approximate surface area is 144 Å². The zero-order chi connectivity index (χ0) is 16.9. The van der Waals surface area contributed by atoms with Crippen LogP contribution in [0.25, 0.3) is 0 Å². The van der Waals surface area contributed by atoms with Crippen molar-refractivity contribution in [1.82, 2.24) is 15.2 Å². The molecule has 1 amide bonds. The monoisotopic (exact) mass is 331 g/mol. The van der Waals surface area contributed by atoms with Crippen LogP contribution in [0.5, 0.6) is 0 Å². The number of nitrogens with one attached hydrogen (secondary N) is 1. The highest BCUT2D eigenvalue weighted by Crippen LogP contribution is 2.31. The molecule has 0 bridgehead atoms. The van der Waals surface area contributed by atoms with Crippen LogP contribution in [0.15, 0.2) is 18.3 Å². The van der Waals surface area contributed by atoms with Gasteiger partial charge in [0.25, 0.3) is 0 Å². The average molecular weight is 331 g/mol. The van der Waals surface area contributed by atoms with Crippen LogP contribution >= 0.6 is 0 Å². The van der Waals surface area contributed by atoms with Gasteiger partial charge in [0.1, 0.15) is 5.82 Å². The van der Waals surface area contributed by atoms with Crippen LogP contribution in [0.4, 0.5) is 5.82 Å². The van der Waals surface area contributed by atoms with Gasteiger partial charge >= 0.3 is 0 Å². The minimum Gasteiger partial charge on any atom is -0.354 e. The summed E-state index contributed by atoms with van der Waals surface area (Å²) in [4.78, 5) is 21.5. The number of piperazine rings is 1. The topological polar surface area (TPSA) is 74.5 Å². The molecular formula is C18H29N5O. The molecule has 2 fully saturated rings. The van der Waals surface area contributed by atoms with Gasteiger partial charge in [-0.1, -0.05) is 12.5 Å². The Morgan fingerprint density at radius 1 is 1.29 bits per heavy atom. The lowest BCUT2D eigenvalue weighted by Crippen LogP contribution is -2.44. The van der Waals surface area contributed by atoms with Crippen molar-refractivity contribution >= 4 is 11.7 Å². The molecule has 2 aliphatic rings. The molecule has 3 rings (SSSR count). The van der Waals surface area contributed by atoms with E-state index in [0.29, 0.717) is 19.0 Å². The predicted octanol–water partition coefficient (Wildman–Crippen LogP) is 0.825. The molecular weight excluding hydrogens is 302 g/mol. The van der Waals surface area contributed by atoms with E-state index in [0.717, 1.165) is 56.8 Å². The molecule has 0 unspecified atom stereocenters. The number of hydrogen-bond acceptors (Lipinski definition) is 5. The molecule has 6 heteroatoms. The van der Waals surface area contributed by atoms with Crippen LogP contribution in [0, 0.1) is 11.8 Å². The third-order valence-corrected chi connectivity index (χ3v) is 5.40. The third kappa shape index (κ3) is 4.05. The van der Waals surface area contributed by atoms with Gasteiger partial charge in [0.15, 0.2) is 0 Å². The number of nitrogens with two attached hydrogens (primary N) is 1. The Kier molecular flexibility index (Phi) is 5.68. The van der Waals surface area contributed by atoms with Crippen molar-refractivity contribution in [2.75, 3.05) is 44.7 Å². The van der Waals surface area contributed by atoms with Gasteiger partial charge in [0.05, 0.1) is 0 Å². The second-order valence-corrected chi connectivity index (χ2v) is 7.07. The first-order chi connectivity index (χ1) is 11.7. The van der Waals surface area contributed by atoms with Gasteiger partial charge in [-0.15, -0.1) is 0 Å². The lowest BCUT2D eigenvalue weighted by Gasteiger charge is -2.33. The van der Waals surface area contributed by atoms with Gasteiger partial charge in [0, 0.05) is 44.8 Å². The van der Waals surface area contributed by atoms with E-state index in [2.05, 4.69) is 39.3 Å². The molecule has 3 N–H and O–H groups in total. The highest BCUT2D eigenvalue weighted by molar-refractivity contribution is 5.79.